The highest BCUT2D eigenvalue weighted by Gasteiger charge is 2.09. The van der Waals surface area contributed by atoms with Crippen molar-refractivity contribution in [3.05, 3.63) is 29.3 Å². The maximum absolute atomic E-state index is 5.51. The lowest BCUT2D eigenvalue weighted by Crippen LogP contribution is -2.24. The minimum atomic E-state index is 0.925. The van der Waals surface area contributed by atoms with Gasteiger partial charge in [-0.2, -0.15) is 0 Å². The average Bonchev–Trinajstić information content (AvgIpc) is 2.49. The maximum Gasteiger partial charge on any atom is 0.123 e. The molecule has 0 heterocycles. The van der Waals surface area contributed by atoms with Crippen LogP contribution < -0.4 is 10.1 Å². The topological polar surface area (TPSA) is 24.5 Å². The summed E-state index contributed by atoms with van der Waals surface area (Å²) in [5, 5.41) is 3.38. The molecular weight excluding hydrogens is 248 g/mol. The molecule has 0 radical (unpaired) electrons. The van der Waals surface area contributed by atoms with Crippen molar-refractivity contribution < 1.29 is 4.74 Å². The molecule has 3 heteroatoms. The van der Waals surface area contributed by atoms with E-state index < -0.39 is 0 Å². The number of hydrogen-bond acceptors (Lipinski definition) is 3. The number of methoxy groups -OCH3 is 1. The first-order valence-corrected chi connectivity index (χ1v) is 7.83. The minimum Gasteiger partial charge on any atom is -0.496 e. The summed E-state index contributed by atoms with van der Waals surface area (Å²) in [5.74, 6) is 1.00. The second-order valence-electron chi connectivity index (χ2n) is 5.15. The van der Waals surface area contributed by atoms with Gasteiger partial charge in [0.1, 0.15) is 5.75 Å². The molecular formula is C17H30N2O. The molecule has 0 aliphatic carbocycles. The second kappa shape index (κ2) is 9.78. The third-order valence-corrected chi connectivity index (χ3v) is 3.59. The predicted octanol–water partition coefficient (Wildman–Crippen LogP) is 3.43. The van der Waals surface area contributed by atoms with Crippen LogP contribution in [0.15, 0.2) is 18.2 Å². The van der Waals surface area contributed by atoms with Gasteiger partial charge in [-0.25, -0.2) is 0 Å². The molecule has 20 heavy (non-hydrogen) atoms. The molecule has 0 saturated carbocycles. The normalized spacial score (nSPS) is 11.1. The molecule has 1 aromatic rings. The molecule has 0 saturated heterocycles. The zero-order valence-electron chi connectivity index (χ0n) is 13.5. The van der Waals surface area contributed by atoms with E-state index in [2.05, 4.69) is 49.2 Å². The van der Waals surface area contributed by atoms with Crippen molar-refractivity contribution in [2.45, 2.75) is 46.7 Å². The van der Waals surface area contributed by atoms with Gasteiger partial charge in [-0.3, -0.25) is 4.90 Å². The highest BCUT2D eigenvalue weighted by atomic mass is 16.5. The first-order chi connectivity index (χ1) is 9.74. The second-order valence-corrected chi connectivity index (χ2v) is 5.15. The Kier molecular flexibility index (Phi) is 8.31. The van der Waals surface area contributed by atoms with E-state index in [0.717, 1.165) is 38.5 Å². The van der Waals surface area contributed by atoms with Gasteiger partial charge >= 0.3 is 0 Å². The first-order valence-electron chi connectivity index (χ1n) is 7.83. The van der Waals surface area contributed by atoms with Crippen LogP contribution in [0.4, 0.5) is 0 Å². The van der Waals surface area contributed by atoms with E-state index in [0.29, 0.717) is 0 Å². The van der Waals surface area contributed by atoms with E-state index in [1.54, 1.807) is 7.11 Å². The highest BCUT2D eigenvalue weighted by molar-refractivity contribution is 5.37. The number of hydrogen-bond donors (Lipinski definition) is 1. The lowest BCUT2D eigenvalue weighted by molar-refractivity contribution is 0.270. The van der Waals surface area contributed by atoms with E-state index in [1.165, 1.54) is 24.0 Å². The van der Waals surface area contributed by atoms with Gasteiger partial charge in [0.05, 0.1) is 7.11 Å². The molecule has 0 fully saturated rings. The van der Waals surface area contributed by atoms with E-state index in [1.807, 2.05) is 0 Å². The first kappa shape index (κ1) is 17.0. The third kappa shape index (κ3) is 5.51. The summed E-state index contributed by atoms with van der Waals surface area (Å²) in [6.07, 6.45) is 2.50. The molecule has 0 spiro atoms. The minimum absolute atomic E-state index is 0.925. The summed E-state index contributed by atoms with van der Waals surface area (Å²) in [6, 6.07) is 6.51. The Morgan fingerprint density at radius 2 is 2.00 bits per heavy atom. The quantitative estimate of drug-likeness (QED) is 0.709. The van der Waals surface area contributed by atoms with Crippen molar-refractivity contribution in [1.29, 1.82) is 0 Å². The van der Waals surface area contributed by atoms with Gasteiger partial charge in [0, 0.05) is 18.7 Å². The smallest absolute Gasteiger partial charge is 0.123 e. The van der Waals surface area contributed by atoms with Crippen LogP contribution in [0.1, 0.15) is 44.7 Å². The average molecular weight is 278 g/mol. The monoisotopic (exact) mass is 278 g/mol. The summed E-state index contributed by atoms with van der Waals surface area (Å²) in [5.41, 5.74) is 2.62. The molecule has 0 unspecified atom stereocenters. The van der Waals surface area contributed by atoms with Gasteiger partial charge in [-0.1, -0.05) is 33.3 Å². The number of benzene rings is 1. The summed E-state index contributed by atoms with van der Waals surface area (Å²) in [6.45, 7) is 11.7. The van der Waals surface area contributed by atoms with Gasteiger partial charge < -0.3 is 10.1 Å². The van der Waals surface area contributed by atoms with Gasteiger partial charge in [0.25, 0.3) is 0 Å². The molecule has 114 valence electrons. The maximum atomic E-state index is 5.51. The van der Waals surface area contributed by atoms with E-state index >= 15 is 0 Å². The molecule has 0 bridgehead atoms. The Labute approximate surface area is 124 Å². The van der Waals surface area contributed by atoms with Crippen molar-refractivity contribution in [2.24, 2.45) is 0 Å². The van der Waals surface area contributed by atoms with Crippen molar-refractivity contribution in [2.75, 3.05) is 26.7 Å². The van der Waals surface area contributed by atoms with Crippen molar-refractivity contribution in [1.82, 2.24) is 10.2 Å². The summed E-state index contributed by atoms with van der Waals surface area (Å²) in [4.78, 5) is 2.48. The molecule has 1 rings (SSSR count). The number of rotatable bonds is 10. The molecule has 0 amide bonds. The van der Waals surface area contributed by atoms with Gasteiger partial charge in [-0.15, -0.1) is 0 Å². The van der Waals surface area contributed by atoms with Crippen molar-refractivity contribution >= 4 is 0 Å². The summed E-state index contributed by atoms with van der Waals surface area (Å²) in [7, 11) is 1.76. The fourth-order valence-electron chi connectivity index (χ4n) is 2.31. The van der Waals surface area contributed by atoms with E-state index in [4.69, 9.17) is 4.74 Å². The number of unbranched alkanes of at least 4 members (excludes halogenated alkanes) is 1. The summed E-state index contributed by atoms with van der Waals surface area (Å²) < 4.78 is 5.51. The van der Waals surface area contributed by atoms with E-state index in [-0.39, 0.29) is 0 Å². The van der Waals surface area contributed by atoms with Gasteiger partial charge in [0.2, 0.25) is 0 Å². The van der Waals surface area contributed by atoms with Crippen molar-refractivity contribution in [3.63, 3.8) is 0 Å². The standard InChI is InChI=1S/C17H30N2O/c1-5-8-11-19(7-3)14-16-12-15(13-18-6-2)9-10-17(16)20-4/h9-10,12,18H,5-8,11,13-14H2,1-4H3. The Morgan fingerprint density at radius 1 is 1.20 bits per heavy atom. The van der Waals surface area contributed by atoms with Crippen LogP contribution in [0.3, 0.4) is 0 Å². The Hall–Kier alpha value is -1.06. The van der Waals surface area contributed by atoms with Crippen LogP contribution >= 0.6 is 0 Å². The third-order valence-electron chi connectivity index (χ3n) is 3.59. The van der Waals surface area contributed by atoms with Crippen LogP contribution in [0.2, 0.25) is 0 Å². The van der Waals surface area contributed by atoms with Crippen LogP contribution in [0, 0.1) is 0 Å². The van der Waals surface area contributed by atoms with Gasteiger partial charge in [-0.05, 0) is 43.8 Å². The number of nitrogens with one attached hydrogen (secondary N) is 1. The van der Waals surface area contributed by atoms with Crippen LogP contribution in [0.5, 0.6) is 5.75 Å². The molecule has 0 atom stereocenters. The molecule has 0 aliphatic rings. The largest absolute Gasteiger partial charge is 0.496 e. The lowest BCUT2D eigenvalue weighted by Gasteiger charge is -2.22. The summed E-state index contributed by atoms with van der Waals surface area (Å²) >= 11 is 0. The Morgan fingerprint density at radius 3 is 2.60 bits per heavy atom. The highest BCUT2D eigenvalue weighted by Crippen LogP contribution is 2.22. The zero-order valence-corrected chi connectivity index (χ0v) is 13.5. The van der Waals surface area contributed by atoms with Crippen LogP contribution in [0.25, 0.3) is 0 Å². The molecule has 1 aromatic carbocycles. The number of ether oxygens (including phenoxy) is 1. The SMILES string of the molecule is CCCCN(CC)Cc1cc(CNCC)ccc1OC. The Balaban J connectivity index is 2.77. The fourth-order valence-corrected chi connectivity index (χ4v) is 2.31. The zero-order chi connectivity index (χ0) is 14.8. The fraction of sp³-hybridized carbons (Fsp3) is 0.647. The van der Waals surface area contributed by atoms with Crippen molar-refractivity contribution in [3.8, 4) is 5.75 Å². The molecule has 0 aliphatic heterocycles. The van der Waals surface area contributed by atoms with Gasteiger partial charge in [0.15, 0.2) is 0 Å². The van der Waals surface area contributed by atoms with E-state index in [9.17, 15) is 0 Å². The molecule has 1 N–H and O–H groups in total. The van der Waals surface area contributed by atoms with Crippen LogP contribution in [-0.4, -0.2) is 31.6 Å². The molecule has 0 aromatic heterocycles. The Bertz CT molecular complexity index is 379. The lowest BCUT2D eigenvalue weighted by atomic mass is 10.1. The number of nitrogens with zero attached hydrogens (tertiary/aromatic N) is 1. The van der Waals surface area contributed by atoms with Crippen LogP contribution in [-0.2, 0) is 13.1 Å². The molecule has 3 nitrogen and oxygen atoms in total. The predicted molar refractivity (Wildman–Crippen MR) is 86.2 cm³/mol.